The van der Waals surface area contributed by atoms with Crippen LogP contribution >= 0.6 is 0 Å². The zero-order valence-corrected chi connectivity index (χ0v) is 13.7. The molecular formula is C19H22N2O2. The number of urea groups is 1. The molecule has 2 aromatic carbocycles. The second-order valence-corrected chi connectivity index (χ2v) is 6.62. The van der Waals surface area contributed by atoms with Gasteiger partial charge >= 0.3 is 6.03 Å². The third-order valence-electron chi connectivity index (χ3n) is 3.96. The Bertz CT molecular complexity index is 711. The number of carbonyl (C=O) groups is 1. The van der Waals surface area contributed by atoms with Crippen LogP contribution in [0.1, 0.15) is 37.4 Å². The van der Waals surface area contributed by atoms with Crippen molar-refractivity contribution in [3.63, 3.8) is 0 Å². The van der Waals surface area contributed by atoms with Crippen molar-refractivity contribution in [2.24, 2.45) is 0 Å². The maximum absolute atomic E-state index is 12.3. The summed E-state index contributed by atoms with van der Waals surface area (Å²) in [5, 5.41) is 5.94. The van der Waals surface area contributed by atoms with Gasteiger partial charge in [0.05, 0.1) is 6.04 Å². The topological polar surface area (TPSA) is 50.4 Å². The molecule has 4 nitrogen and oxygen atoms in total. The summed E-state index contributed by atoms with van der Waals surface area (Å²) in [6, 6.07) is 15.3. The summed E-state index contributed by atoms with van der Waals surface area (Å²) in [5.74, 6) is 0.853. The van der Waals surface area contributed by atoms with E-state index in [1.54, 1.807) is 0 Å². The summed E-state index contributed by atoms with van der Waals surface area (Å²) in [6.07, 6.45) is 0.727. The maximum atomic E-state index is 12.3. The van der Waals surface area contributed by atoms with Gasteiger partial charge in [0.1, 0.15) is 11.4 Å². The molecular weight excluding hydrogens is 288 g/mol. The van der Waals surface area contributed by atoms with Gasteiger partial charge in [-0.25, -0.2) is 4.79 Å². The van der Waals surface area contributed by atoms with Crippen LogP contribution in [0.5, 0.6) is 5.75 Å². The number of benzene rings is 2. The first-order valence-electron chi connectivity index (χ1n) is 7.85. The molecule has 1 aliphatic rings. The van der Waals surface area contributed by atoms with Crippen molar-refractivity contribution in [2.45, 2.75) is 38.8 Å². The molecule has 0 aromatic heterocycles. The number of anilines is 1. The molecule has 1 heterocycles. The molecule has 2 aromatic rings. The lowest BCUT2D eigenvalue weighted by atomic mass is 9.89. The Hall–Kier alpha value is -2.49. The Kier molecular flexibility index (Phi) is 3.99. The molecule has 0 bridgehead atoms. The second kappa shape index (κ2) is 5.95. The Morgan fingerprint density at radius 1 is 1.17 bits per heavy atom. The van der Waals surface area contributed by atoms with E-state index in [1.807, 2.05) is 69.3 Å². The molecule has 3 rings (SSSR count). The fourth-order valence-corrected chi connectivity index (χ4v) is 2.93. The first-order chi connectivity index (χ1) is 10.9. The molecule has 120 valence electrons. The van der Waals surface area contributed by atoms with Gasteiger partial charge in [0.25, 0.3) is 0 Å². The van der Waals surface area contributed by atoms with E-state index < -0.39 is 0 Å². The molecule has 23 heavy (non-hydrogen) atoms. The molecule has 2 amide bonds. The van der Waals surface area contributed by atoms with E-state index in [2.05, 4.69) is 10.6 Å². The minimum absolute atomic E-state index is 0.0712. The monoisotopic (exact) mass is 310 g/mol. The van der Waals surface area contributed by atoms with Crippen molar-refractivity contribution < 1.29 is 9.53 Å². The predicted octanol–water partition coefficient (Wildman–Crippen LogP) is 4.42. The van der Waals surface area contributed by atoms with Gasteiger partial charge in [-0.3, -0.25) is 0 Å². The second-order valence-electron chi connectivity index (χ2n) is 6.62. The van der Waals surface area contributed by atoms with Crippen LogP contribution < -0.4 is 15.4 Å². The standard InChI is InChI=1S/C19H22N2O2/c1-13-9-10-15-16(12-19(2,3)23-17(15)11-13)21-18(22)20-14-7-5-4-6-8-14/h4-11,16H,12H2,1-3H3,(H2,20,21,22). The van der Waals surface area contributed by atoms with Crippen LogP contribution in [-0.2, 0) is 0 Å². The fourth-order valence-electron chi connectivity index (χ4n) is 2.93. The average Bonchev–Trinajstić information content (AvgIpc) is 2.46. The number of amides is 2. The number of hydrogen-bond acceptors (Lipinski definition) is 2. The van der Waals surface area contributed by atoms with Gasteiger partial charge in [0.2, 0.25) is 0 Å². The van der Waals surface area contributed by atoms with Gasteiger partial charge in [-0.15, -0.1) is 0 Å². The minimum atomic E-state index is -0.314. The molecule has 4 heteroatoms. The van der Waals surface area contributed by atoms with Crippen LogP contribution in [0.4, 0.5) is 10.5 Å². The highest BCUT2D eigenvalue weighted by atomic mass is 16.5. The van der Waals surface area contributed by atoms with E-state index in [0.29, 0.717) is 0 Å². The molecule has 1 atom stereocenters. The highest BCUT2D eigenvalue weighted by Crippen LogP contribution is 2.39. The van der Waals surface area contributed by atoms with Crippen LogP contribution in [0, 0.1) is 6.92 Å². The van der Waals surface area contributed by atoms with Crippen molar-refractivity contribution in [3.05, 3.63) is 59.7 Å². The molecule has 0 saturated heterocycles. The number of aryl methyl sites for hydroxylation is 1. The predicted molar refractivity (Wildman–Crippen MR) is 91.8 cm³/mol. The van der Waals surface area contributed by atoms with Gasteiger partial charge in [-0.05, 0) is 44.5 Å². The third kappa shape index (κ3) is 3.65. The van der Waals surface area contributed by atoms with Crippen LogP contribution in [0.15, 0.2) is 48.5 Å². The van der Waals surface area contributed by atoms with E-state index >= 15 is 0 Å². The number of rotatable bonds is 2. The third-order valence-corrected chi connectivity index (χ3v) is 3.96. The zero-order valence-electron chi connectivity index (χ0n) is 13.7. The molecule has 2 N–H and O–H groups in total. The zero-order chi connectivity index (χ0) is 16.4. The largest absolute Gasteiger partial charge is 0.487 e. The molecule has 0 saturated carbocycles. The quantitative estimate of drug-likeness (QED) is 0.862. The number of fused-ring (bicyclic) bond motifs is 1. The van der Waals surface area contributed by atoms with Gasteiger partial charge < -0.3 is 15.4 Å². The van der Waals surface area contributed by atoms with E-state index in [-0.39, 0.29) is 17.7 Å². The van der Waals surface area contributed by atoms with Crippen LogP contribution in [-0.4, -0.2) is 11.6 Å². The first-order valence-corrected chi connectivity index (χ1v) is 7.85. The minimum Gasteiger partial charge on any atom is -0.487 e. The summed E-state index contributed by atoms with van der Waals surface area (Å²) in [4.78, 5) is 12.3. The van der Waals surface area contributed by atoms with Crippen molar-refractivity contribution in [2.75, 3.05) is 5.32 Å². The van der Waals surface area contributed by atoms with Crippen molar-refractivity contribution >= 4 is 11.7 Å². The van der Waals surface area contributed by atoms with Gasteiger partial charge in [0, 0.05) is 17.7 Å². The van der Waals surface area contributed by atoms with Gasteiger partial charge in [-0.2, -0.15) is 0 Å². The van der Waals surface area contributed by atoms with E-state index in [0.717, 1.165) is 29.0 Å². The van der Waals surface area contributed by atoms with E-state index in [9.17, 15) is 4.79 Å². The average molecular weight is 310 g/mol. The highest BCUT2D eigenvalue weighted by Gasteiger charge is 2.34. The van der Waals surface area contributed by atoms with Crippen LogP contribution in [0.2, 0.25) is 0 Å². The lowest BCUT2D eigenvalue weighted by Crippen LogP contribution is -2.42. The van der Waals surface area contributed by atoms with Gasteiger partial charge in [0.15, 0.2) is 0 Å². The van der Waals surface area contributed by atoms with E-state index in [4.69, 9.17) is 4.74 Å². The molecule has 0 fully saturated rings. The maximum Gasteiger partial charge on any atom is 0.319 e. The van der Waals surface area contributed by atoms with Crippen molar-refractivity contribution in [3.8, 4) is 5.75 Å². The Balaban J connectivity index is 1.78. The summed E-state index contributed by atoms with van der Waals surface area (Å²) in [5.41, 5.74) is 2.64. The smallest absolute Gasteiger partial charge is 0.319 e. The molecule has 0 spiro atoms. The van der Waals surface area contributed by atoms with Crippen molar-refractivity contribution in [1.82, 2.24) is 5.32 Å². The normalized spacial score (nSPS) is 18.5. The highest BCUT2D eigenvalue weighted by molar-refractivity contribution is 5.89. The number of nitrogens with one attached hydrogen (secondary N) is 2. The number of ether oxygens (including phenoxy) is 1. The SMILES string of the molecule is Cc1ccc2c(c1)OC(C)(C)CC2NC(=O)Nc1ccccc1. The summed E-state index contributed by atoms with van der Waals surface area (Å²) in [6.45, 7) is 6.12. The molecule has 0 radical (unpaired) electrons. The Morgan fingerprint density at radius 2 is 1.91 bits per heavy atom. The molecule has 1 aliphatic heterocycles. The van der Waals surface area contributed by atoms with Gasteiger partial charge in [-0.1, -0.05) is 30.3 Å². The van der Waals surface area contributed by atoms with Crippen LogP contribution in [0.25, 0.3) is 0 Å². The molecule has 1 unspecified atom stereocenters. The first kappa shape index (κ1) is 15.4. The number of hydrogen-bond donors (Lipinski definition) is 2. The van der Waals surface area contributed by atoms with Crippen LogP contribution in [0.3, 0.4) is 0 Å². The Morgan fingerprint density at radius 3 is 2.65 bits per heavy atom. The lowest BCUT2D eigenvalue weighted by molar-refractivity contribution is 0.0682. The number of carbonyl (C=O) groups excluding carboxylic acids is 1. The van der Waals surface area contributed by atoms with E-state index in [1.165, 1.54) is 0 Å². The summed E-state index contributed by atoms with van der Waals surface area (Å²) >= 11 is 0. The fraction of sp³-hybridized carbons (Fsp3) is 0.316. The summed E-state index contributed by atoms with van der Waals surface area (Å²) < 4.78 is 6.06. The Labute approximate surface area is 136 Å². The lowest BCUT2D eigenvalue weighted by Gasteiger charge is -2.38. The number of para-hydroxylation sites is 1. The molecule has 0 aliphatic carbocycles. The summed E-state index contributed by atoms with van der Waals surface area (Å²) in [7, 11) is 0. The van der Waals surface area contributed by atoms with Crippen molar-refractivity contribution in [1.29, 1.82) is 0 Å².